The molecule has 0 aromatic carbocycles. The highest BCUT2D eigenvalue weighted by Gasteiger charge is 2.10. The van der Waals surface area contributed by atoms with Gasteiger partial charge in [-0.05, 0) is 26.5 Å². The number of rotatable bonds is 7. The molecule has 0 saturated carbocycles. The molecule has 1 unspecified atom stereocenters. The maximum Gasteiger partial charge on any atom is 0.128 e. The Morgan fingerprint density at radius 1 is 1.44 bits per heavy atom. The van der Waals surface area contributed by atoms with Gasteiger partial charge in [-0.15, -0.1) is 0 Å². The van der Waals surface area contributed by atoms with E-state index in [9.17, 15) is 0 Å². The number of nitrogens with zero attached hydrogens (tertiary/aromatic N) is 1. The van der Waals surface area contributed by atoms with Crippen LogP contribution in [-0.4, -0.2) is 29.6 Å². The second kappa shape index (κ2) is 7.64. The van der Waals surface area contributed by atoms with Crippen LogP contribution in [0.5, 0.6) is 5.75 Å². The molecular formula is C14H24N2OS. The Labute approximate surface area is 115 Å². The second-order valence-corrected chi connectivity index (χ2v) is 5.81. The van der Waals surface area contributed by atoms with E-state index in [4.69, 9.17) is 4.74 Å². The molecule has 0 spiro atoms. The fourth-order valence-electron chi connectivity index (χ4n) is 1.87. The molecule has 0 amide bonds. The highest BCUT2D eigenvalue weighted by Crippen LogP contribution is 2.23. The van der Waals surface area contributed by atoms with E-state index in [0.717, 1.165) is 34.9 Å². The molecule has 0 bridgehead atoms. The molecular weight excluding hydrogens is 244 g/mol. The number of hydrogen-bond acceptors (Lipinski definition) is 4. The third-order valence-corrected chi connectivity index (χ3v) is 4.08. The highest BCUT2D eigenvalue weighted by molar-refractivity contribution is 7.99. The van der Waals surface area contributed by atoms with Crippen LogP contribution < -0.4 is 10.1 Å². The number of pyridine rings is 1. The fraction of sp³-hybridized carbons (Fsp3) is 0.643. The largest absolute Gasteiger partial charge is 0.496 e. The van der Waals surface area contributed by atoms with E-state index in [1.807, 2.05) is 24.9 Å². The first-order valence-corrected chi connectivity index (χ1v) is 7.55. The van der Waals surface area contributed by atoms with Gasteiger partial charge in [0.15, 0.2) is 0 Å². The molecule has 1 aromatic rings. The van der Waals surface area contributed by atoms with Crippen molar-refractivity contribution in [2.45, 2.75) is 40.3 Å². The number of methoxy groups -OCH3 is 1. The maximum atomic E-state index is 5.42. The van der Waals surface area contributed by atoms with Gasteiger partial charge in [-0.2, -0.15) is 11.8 Å². The Morgan fingerprint density at radius 3 is 2.78 bits per heavy atom. The number of aromatic nitrogens is 1. The van der Waals surface area contributed by atoms with Crippen molar-refractivity contribution in [1.29, 1.82) is 0 Å². The van der Waals surface area contributed by atoms with Crippen molar-refractivity contribution in [3.63, 3.8) is 0 Å². The van der Waals surface area contributed by atoms with Crippen molar-refractivity contribution < 1.29 is 4.74 Å². The first kappa shape index (κ1) is 15.3. The van der Waals surface area contributed by atoms with Crippen LogP contribution in [0, 0.1) is 13.8 Å². The quantitative estimate of drug-likeness (QED) is 0.824. The zero-order valence-corrected chi connectivity index (χ0v) is 12.9. The lowest BCUT2D eigenvalue weighted by Gasteiger charge is -2.16. The van der Waals surface area contributed by atoms with Crippen molar-refractivity contribution in [1.82, 2.24) is 10.3 Å². The SMILES string of the molecule is CCSCC(C)NCc1ncc(C)c(OC)c1C. The summed E-state index contributed by atoms with van der Waals surface area (Å²) in [4.78, 5) is 4.49. The van der Waals surface area contributed by atoms with Gasteiger partial charge >= 0.3 is 0 Å². The Hall–Kier alpha value is -0.740. The minimum absolute atomic E-state index is 0.503. The van der Waals surface area contributed by atoms with E-state index >= 15 is 0 Å². The van der Waals surface area contributed by atoms with Gasteiger partial charge in [-0.1, -0.05) is 6.92 Å². The van der Waals surface area contributed by atoms with Crippen molar-refractivity contribution in [3.05, 3.63) is 23.0 Å². The predicted octanol–water partition coefficient (Wildman–Crippen LogP) is 2.94. The zero-order chi connectivity index (χ0) is 13.5. The Morgan fingerprint density at radius 2 is 2.17 bits per heavy atom. The third-order valence-electron chi connectivity index (χ3n) is 2.94. The molecule has 3 nitrogen and oxygen atoms in total. The molecule has 1 aromatic heterocycles. The molecule has 0 radical (unpaired) electrons. The minimum atomic E-state index is 0.503. The van der Waals surface area contributed by atoms with Crippen molar-refractivity contribution in [2.24, 2.45) is 0 Å². The normalized spacial score (nSPS) is 12.5. The molecule has 1 atom stereocenters. The van der Waals surface area contributed by atoms with Gasteiger partial charge in [-0.25, -0.2) is 0 Å². The van der Waals surface area contributed by atoms with Crippen molar-refractivity contribution >= 4 is 11.8 Å². The van der Waals surface area contributed by atoms with Crippen LogP contribution in [0.1, 0.15) is 30.7 Å². The van der Waals surface area contributed by atoms with Gasteiger partial charge in [-0.3, -0.25) is 4.98 Å². The van der Waals surface area contributed by atoms with Gasteiger partial charge in [0.05, 0.1) is 12.8 Å². The van der Waals surface area contributed by atoms with Crippen molar-refractivity contribution in [3.8, 4) is 5.75 Å². The van der Waals surface area contributed by atoms with Crippen LogP contribution in [-0.2, 0) is 6.54 Å². The van der Waals surface area contributed by atoms with E-state index in [1.54, 1.807) is 7.11 Å². The molecule has 4 heteroatoms. The zero-order valence-electron chi connectivity index (χ0n) is 12.0. The predicted molar refractivity (Wildman–Crippen MR) is 79.6 cm³/mol. The molecule has 0 fully saturated rings. The van der Waals surface area contributed by atoms with Crippen molar-refractivity contribution in [2.75, 3.05) is 18.6 Å². The van der Waals surface area contributed by atoms with E-state index < -0.39 is 0 Å². The molecule has 0 aliphatic rings. The number of hydrogen-bond donors (Lipinski definition) is 1. The van der Waals surface area contributed by atoms with Gasteiger partial charge in [0, 0.05) is 35.7 Å². The molecule has 18 heavy (non-hydrogen) atoms. The van der Waals surface area contributed by atoms with Gasteiger partial charge < -0.3 is 10.1 Å². The molecule has 1 heterocycles. The van der Waals surface area contributed by atoms with Crippen LogP contribution in [0.25, 0.3) is 0 Å². The molecule has 1 N–H and O–H groups in total. The summed E-state index contributed by atoms with van der Waals surface area (Å²) in [5.74, 6) is 3.26. The monoisotopic (exact) mass is 268 g/mol. The fourth-order valence-corrected chi connectivity index (χ4v) is 2.58. The smallest absolute Gasteiger partial charge is 0.128 e. The average Bonchev–Trinajstić information content (AvgIpc) is 2.36. The molecule has 1 rings (SSSR count). The highest BCUT2D eigenvalue weighted by atomic mass is 32.2. The van der Waals surface area contributed by atoms with Gasteiger partial charge in [0.2, 0.25) is 0 Å². The second-order valence-electron chi connectivity index (χ2n) is 4.49. The summed E-state index contributed by atoms with van der Waals surface area (Å²) < 4.78 is 5.42. The van der Waals surface area contributed by atoms with Crippen LogP contribution >= 0.6 is 11.8 Å². The van der Waals surface area contributed by atoms with E-state index in [2.05, 4.69) is 31.1 Å². The van der Waals surface area contributed by atoms with Crippen LogP contribution in [0.2, 0.25) is 0 Å². The summed E-state index contributed by atoms with van der Waals surface area (Å²) in [6, 6.07) is 0.503. The molecule has 0 saturated heterocycles. The Balaban J connectivity index is 2.62. The Kier molecular flexibility index (Phi) is 6.50. The number of nitrogens with one attached hydrogen (secondary N) is 1. The maximum absolute atomic E-state index is 5.42. The molecule has 102 valence electrons. The summed E-state index contributed by atoms with van der Waals surface area (Å²) in [7, 11) is 1.72. The molecule has 0 aliphatic carbocycles. The minimum Gasteiger partial charge on any atom is -0.496 e. The van der Waals surface area contributed by atoms with Gasteiger partial charge in [0.25, 0.3) is 0 Å². The topological polar surface area (TPSA) is 34.2 Å². The first-order chi connectivity index (χ1) is 8.60. The van der Waals surface area contributed by atoms with E-state index in [0.29, 0.717) is 6.04 Å². The third kappa shape index (κ3) is 4.18. The lowest BCUT2D eigenvalue weighted by atomic mass is 10.1. The lowest BCUT2D eigenvalue weighted by Crippen LogP contribution is -2.28. The summed E-state index contributed by atoms with van der Waals surface area (Å²) in [6.45, 7) is 9.29. The van der Waals surface area contributed by atoms with E-state index in [1.165, 1.54) is 5.75 Å². The standard InChI is InChI=1S/C14H24N2OS/c1-6-18-9-11(3)15-8-13-12(4)14(17-5)10(2)7-16-13/h7,11,15H,6,8-9H2,1-5H3. The Bertz CT molecular complexity index is 382. The summed E-state index contributed by atoms with van der Waals surface area (Å²) in [5.41, 5.74) is 3.31. The number of thioether (sulfide) groups is 1. The summed E-state index contributed by atoms with van der Waals surface area (Å²) >= 11 is 1.96. The molecule has 0 aliphatic heterocycles. The van der Waals surface area contributed by atoms with Crippen LogP contribution in [0.4, 0.5) is 0 Å². The van der Waals surface area contributed by atoms with Gasteiger partial charge in [0.1, 0.15) is 5.75 Å². The average molecular weight is 268 g/mol. The number of aryl methyl sites for hydroxylation is 1. The number of ether oxygens (including phenoxy) is 1. The lowest BCUT2D eigenvalue weighted by molar-refractivity contribution is 0.406. The van der Waals surface area contributed by atoms with E-state index in [-0.39, 0.29) is 0 Å². The van der Waals surface area contributed by atoms with Crippen LogP contribution in [0.3, 0.4) is 0 Å². The summed E-state index contributed by atoms with van der Waals surface area (Å²) in [6.07, 6.45) is 1.88. The summed E-state index contributed by atoms with van der Waals surface area (Å²) in [5, 5.41) is 3.51. The van der Waals surface area contributed by atoms with Crippen LogP contribution in [0.15, 0.2) is 6.20 Å². The first-order valence-electron chi connectivity index (χ1n) is 6.40.